The molecule has 0 unspecified atom stereocenters. The van der Waals surface area contributed by atoms with Gasteiger partial charge in [0.05, 0.1) is 51.8 Å². The van der Waals surface area contributed by atoms with Crippen LogP contribution in [0.2, 0.25) is 0 Å². The molecular formula is C56H77NO9. The van der Waals surface area contributed by atoms with Gasteiger partial charge in [0.1, 0.15) is 30.0 Å². The number of nitrogens with one attached hydrogen (secondary N) is 1. The van der Waals surface area contributed by atoms with Crippen LogP contribution >= 0.6 is 0 Å². The zero-order chi connectivity index (χ0) is 46.7. The Hall–Kier alpha value is -4.39. The molecule has 1 heterocycles. The van der Waals surface area contributed by atoms with Crippen molar-refractivity contribution in [2.24, 2.45) is 0 Å². The van der Waals surface area contributed by atoms with Crippen LogP contribution in [0.1, 0.15) is 121 Å². The molecule has 7 atom stereocenters. The van der Waals surface area contributed by atoms with Crippen molar-refractivity contribution in [1.82, 2.24) is 5.32 Å². The number of hydrogen-bond donors (Lipinski definition) is 2. The molecule has 1 saturated heterocycles. The van der Waals surface area contributed by atoms with E-state index in [1.807, 2.05) is 127 Å². The third kappa shape index (κ3) is 20.2. The van der Waals surface area contributed by atoms with Gasteiger partial charge in [-0.25, -0.2) is 4.79 Å². The van der Waals surface area contributed by atoms with Gasteiger partial charge in [-0.3, -0.25) is 0 Å². The highest BCUT2D eigenvalue weighted by molar-refractivity contribution is 5.68. The Morgan fingerprint density at radius 2 is 1.08 bits per heavy atom. The molecule has 10 nitrogen and oxygen atoms in total. The van der Waals surface area contributed by atoms with E-state index in [1.54, 1.807) is 26.8 Å². The van der Waals surface area contributed by atoms with Crippen LogP contribution in [-0.2, 0) is 59.6 Å². The molecule has 0 bridgehead atoms. The number of unbranched alkanes of at least 4 members (excludes halogenated alkanes) is 10. The average Bonchev–Trinajstić information content (AvgIpc) is 3.32. The molecule has 0 aromatic heterocycles. The second-order valence-electron chi connectivity index (χ2n) is 18.3. The highest BCUT2D eigenvalue weighted by Crippen LogP contribution is 2.32. The number of aliphatic hydroxyl groups is 1. The number of rotatable bonds is 30. The van der Waals surface area contributed by atoms with Gasteiger partial charge in [-0.15, -0.1) is 0 Å². The Kier molecular flexibility index (Phi) is 24.0. The van der Waals surface area contributed by atoms with Crippen molar-refractivity contribution in [3.63, 3.8) is 0 Å². The zero-order valence-corrected chi connectivity index (χ0v) is 40.0. The van der Waals surface area contributed by atoms with E-state index in [0.29, 0.717) is 13.2 Å². The Morgan fingerprint density at radius 3 is 1.58 bits per heavy atom. The van der Waals surface area contributed by atoms with Crippen molar-refractivity contribution in [2.75, 3.05) is 13.2 Å². The van der Waals surface area contributed by atoms with Gasteiger partial charge in [0.15, 0.2) is 6.29 Å². The van der Waals surface area contributed by atoms with E-state index in [4.69, 9.17) is 33.2 Å². The summed E-state index contributed by atoms with van der Waals surface area (Å²) in [4.78, 5) is 13.3. The van der Waals surface area contributed by atoms with Crippen molar-refractivity contribution < 1.29 is 43.1 Å². The van der Waals surface area contributed by atoms with E-state index in [1.165, 1.54) is 51.4 Å². The standard InChI is InChI=1S/C56H77NO9/c1-5-6-7-8-9-10-11-12-13-14-15-28-37-49(58)48(57-55(59)66-56(2,3)4)42-64-54-53(63-41-47-35-26-19-27-36-47)52(62-40-46-33-24-18-25-34-46)51(61-39-45-31-22-17-23-32-45)50(65-54)43-60-38-44-29-20-16-21-30-44/h16-37,48-54,58H,5-15,38-43H2,1-4H3,(H,57,59)/b37-28+/t48-,49+,50+,51-,52-,53+,54-/m0/s1. The molecule has 1 aliphatic rings. The van der Waals surface area contributed by atoms with Crippen LogP contribution in [-0.4, -0.2) is 72.9 Å². The third-order valence-electron chi connectivity index (χ3n) is 11.5. The lowest BCUT2D eigenvalue weighted by Gasteiger charge is -2.46. The Bertz CT molecular complexity index is 1880. The first-order chi connectivity index (χ1) is 32.2. The Labute approximate surface area is 395 Å². The highest BCUT2D eigenvalue weighted by atomic mass is 16.7. The summed E-state index contributed by atoms with van der Waals surface area (Å²) in [5, 5.41) is 14.5. The second kappa shape index (κ2) is 30.1. The smallest absolute Gasteiger partial charge is 0.408 e. The van der Waals surface area contributed by atoms with E-state index < -0.39 is 54.5 Å². The molecule has 66 heavy (non-hydrogen) atoms. The zero-order valence-electron chi connectivity index (χ0n) is 40.0. The highest BCUT2D eigenvalue weighted by Gasteiger charge is 2.49. The van der Waals surface area contributed by atoms with Crippen LogP contribution in [0.25, 0.3) is 0 Å². The van der Waals surface area contributed by atoms with Gasteiger partial charge >= 0.3 is 6.09 Å². The van der Waals surface area contributed by atoms with Crippen LogP contribution in [0.15, 0.2) is 133 Å². The largest absolute Gasteiger partial charge is 0.444 e. The number of carbonyl (C=O) groups excluding carboxylic acids is 1. The van der Waals surface area contributed by atoms with Gasteiger partial charge < -0.3 is 43.6 Å². The van der Waals surface area contributed by atoms with E-state index in [0.717, 1.165) is 41.5 Å². The molecular weight excluding hydrogens is 831 g/mol. The number of carbonyl (C=O) groups is 1. The number of amides is 1. The number of ether oxygens (including phenoxy) is 7. The van der Waals surface area contributed by atoms with Crippen LogP contribution in [0.5, 0.6) is 0 Å². The molecule has 1 amide bonds. The molecule has 2 N–H and O–H groups in total. The molecule has 4 aromatic carbocycles. The van der Waals surface area contributed by atoms with E-state index in [-0.39, 0.29) is 26.4 Å². The van der Waals surface area contributed by atoms with Gasteiger partial charge in [0.2, 0.25) is 0 Å². The first-order valence-electron chi connectivity index (χ1n) is 24.4. The van der Waals surface area contributed by atoms with E-state index in [2.05, 4.69) is 12.2 Å². The minimum Gasteiger partial charge on any atom is -0.444 e. The fraction of sp³-hybridized carbons (Fsp3) is 0.518. The summed E-state index contributed by atoms with van der Waals surface area (Å²) in [6, 6.07) is 39.0. The number of hydrogen-bond acceptors (Lipinski definition) is 9. The predicted octanol–water partition coefficient (Wildman–Crippen LogP) is 11.8. The summed E-state index contributed by atoms with van der Waals surface area (Å²) >= 11 is 0. The van der Waals surface area contributed by atoms with Crippen molar-refractivity contribution in [1.29, 1.82) is 0 Å². The first kappa shape index (κ1) is 52.6. The minimum atomic E-state index is -1.08. The van der Waals surface area contributed by atoms with Gasteiger partial charge in [0.25, 0.3) is 0 Å². The third-order valence-corrected chi connectivity index (χ3v) is 11.5. The summed E-state index contributed by atoms with van der Waals surface area (Å²) in [6.45, 7) is 8.87. The fourth-order valence-electron chi connectivity index (χ4n) is 7.88. The number of benzene rings is 4. The Balaban J connectivity index is 1.37. The van der Waals surface area contributed by atoms with Crippen molar-refractivity contribution in [3.05, 3.63) is 156 Å². The molecule has 360 valence electrons. The van der Waals surface area contributed by atoms with Gasteiger partial charge in [0, 0.05) is 0 Å². The quantitative estimate of drug-likeness (QED) is 0.0390. The number of alkyl carbamates (subject to hydrolysis) is 1. The van der Waals surface area contributed by atoms with Crippen LogP contribution in [0, 0.1) is 0 Å². The average molecular weight is 908 g/mol. The number of allylic oxidation sites excluding steroid dienone is 1. The van der Waals surface area contributed by atoms with Crippen LogP contribution < -0.4 is 5.32 Å². The molecule has 0 aliphatic carbocycles. The molecule has 0 spiro atoms. The fourth-order valence-corrected chi connectivity index (χ4v) is 7.88. The molecule has 0 saturated carbocycles. The summed E-state index contributed by atoms with van der Waals surface area (Å²) in [6.07, 6.45) is 11.5. The number of aliphatic hydroxyl groups excluding tert-OH is 1. The molecule has 5 rings (SSSR count). The van der Waals surface area contributed by atoms with Crippen LogP contribution in [0.4, 0.5) is 4.79 Å². The molecule has 1 fully saturated rings. The van der Waals surface area contributed by atoms with Gasteiger partial charge in [-0.05, 0) is 55.9 Å². The SMILES string of the molecule is CCCCCCCCCCCC/C=C/[C@@H](O)[C@H](CO[C@H]1O[C@H](COCc2ccccc2)[C@H](OCc2ccccc2)[C@H](OCc2ccccc2)[C@H]1OCc1ccccc1)NC(=O)OC(C)(C)C. The second-order valence-corrected chi connectivity index (χ2v) is 18.3. The molecule has 1 aliphatic heterocycles. The predicted molar refractivity (Wildman–Crippen MR) is 261 cm³/mol. The maximum absolute atomic E-state index is 13.3. The summed E-state index contributed by atoms with van der Waals surface area (Å²) in [5.74, 6) is 0. The molecule has 4 aromatic rings. The summed E-state index contributed by atoms with van der Waals surface area (Å²) < 4.78 is 46.1. The van der Waals surface area contributed by atoms with Crippen molar-refractivity contribution in [2.45, 2.75) is 173 Å². The summed E-state index contributed by atoms with van der Waals surface area (Å²) in [5.41, 5.74) is 3.21. The van der Waals surface area contributed by atoms with E-state index in [9.17, 15) is 9.90 Å². The topological polar surface area (TPSA) is 114 Å². The van der Waals surface area contributed by atoms with E-state index >= 15 is 0 Å². The summed E-state index contributed by atoms with van der Waals surface area (Å²) in [7, 11) is 0. The lowest BCUT2D eigenvalue weighted by molar-refractivity contribution is -0.329. The maximum atomic E-state index is 13.3. The van der Waals surface area contributed by atoms with Gasteiger partial charge in [-0.1, -0.05) is 198 Å². The monoisotopic (exact) mass is 908 g/mol. The molecule has 0 radical (unpaired) electrons. The van der Waals surface area contributed by atoms with Crippen molar-refractivity contribution in [3.8, 4) is 0 Å². The van der Waals surface area contributed by atoms with Crippen LogP contribution in [0.3, 0.4) is 0 Å². The Morgan fingerprint density at radius 1 is 0.621 bits per heavy atom. The maximum Gasteiger partial charge on any atom is 0.408 e. The lowest BCUT2D eigenvalue weighted by atomic mass is 9.97. The minimum absolute atomic E-state index is 0.128. The lowest BCUT2D eigenvalue weighted by Crippen LogP contribution is -2.62. The first-order valence-corrected chi connectivity index (χ1v) is 24.4. The normalized spacial score (nSPS) is 19.7. The van der Waals surface area contributed by atoms with Crippen molar-refractivity contribution >= 4 is 6.09 Å². The van der Waals surface area contributed by atoms with Gasteiger partial charge in [-0.2, -0.15) is 0 Å². The molecule has 10 heteroatoms.